The molecule has 0 bridgehead atoms. The van der Waals surface area contributed by atoms with Crippen LogP contribution < -0.4 is 26.0 Å². The fourth-order valence-corrected chi connectivity index (χ4v) is 4.53. The molecule has 1 saturated heterocycles. The second kappa shape index (κ2) is 9.47. The molecule has 1 fully saturated rings. The Bertz CT molecular complexity index is 932. The first kappa shape index (κ1) is 21.3. The van der Waals surface area contributed by atoms with Gasteiger partial charge in [0.15, 0.2) is 11.6 Å². The van der Waals surface area contributed by atoms with Gasteiger partial charge in [-0.15, -0.1) is 0 Å². The lowest BCUT2D eigenvalue weighted by Crippen LogP contribution is -2.52. The molecular formula is C22H30FN7O. The minimum absolute atomic E-state index is 0.127. The molecular weight excluding hydrogens is 397 g/mol. The Labute approximate surface area is 182 Å². The number of anilines is 4. The molecule has 1 aliphatic carbocycles. The molecule has 31 heavy (non-hydrogen) atoms. The average Bonchev–Trinajstić information content (AvgIpc) is 3.46. The molecule has 0 saturated carbocycles. The zero-order valence-corrected chi connectivity index (χ0v) is 18.0. The quantitative estimate of drug-likeness (QED) is 0.551. The minimum atomic E-state index is -0.467. The molecule has 9 heteroatoms. The summed E-state index contributed by atoms with van der Waals surface area (Å²) in [6.07, 6.45) is 9.74. The number of hydrogen-bond donors (Lipinski definition) is 3. The maximum absolute atomic E-state index is 14.1. The molecule has 1 aliphatic heterocycles. The average molecular weight is 428 g/mol. The lowest BCUT2D eigenvalue weighted by molar-refractivity contribution is 0.386. The predicted molar refractivity (Wildman–Crippen MR) is 120 cm³/mol. The largest absolute Gasteiger partial charge is 0.494 e. The lowest BCUT2D eigenvalue weighted by Gasteiger charge is -2.39. The van der Waals surface area contributed by atoms with Gasteiger partial charge in [0.25, 0.3) is 0 Å². The highest BCUT2D eigenvalue weighted by Gasteiger charge is 2.34. The third-order valence-corrected chi connectivity index (χ3v) is 5.96. The van der Waals surface area contributed by atoms with Crippen LogP contribution in [0, 0.1) is 5.82 Å². The predicted octanol–water partition coefficient (Wildman–Crippen LogP) is 3.40. The Balaban J connectivity index is 1.66. The van der Waals surface area contributed by atoms with E-state index in [0.29, 0.717) is 17.7 Å². The molecule has 2 aromatic rings. The Morgan fingerprint density at radius 2 is 2.19 bits per heavy atom. The molecule has 0 radical (unpaired) electrons. The van der Waals surface area contributed by atoms with Gasteiger partial charge in [0.2, 0.25) is 17.8 Å². The van der Waals surface area contributed by atoms with Gasteiger partial charge in [-0.05, 0) is 50.8 Å². The van der Waals surface area contributed by atoms with Gasteiger partial charge in [0, 0.05) is 23.8 Å². The lowest BCUT2D eigenvalue weighted by atomic mass is 10.00. The van der Waals surface area contributed by atoms with Crippen molar-refractivity contribution in [3.63, 3.8) is 0 Å². The number of nitrogens with zero attached hydrogens (tertiary/aromatic N) is 4. The molecule has 8 nitrogen and oxygen atoms in total. The number of ether oxygens (including phenoxy) is 1. The fraction of sp³-hybridized carbons (Fsp3) is 0.500. The van der Waals surface area contributed by atoms with Crippen LogP contribution in [0.4, 0.5) is 27.9 Å². The van der Waals surface area contributed by atoms with E-state index in [-0.39, 0.29) is 29.7 Å². The second-order valence-electron chi connectivity index (χ2n) is 7.95. The van der Waals surface area contributed by atoms with E-state index in [1.165, 1.54) is 19.6 Å². The van der Waals surface area contributed by atoms with Crippen LogP contribution in [0.25, 0.3) is 0 Å². The summed E-state index contributed by atoms with van der Waals surface area (Å²) in [5, 5.41) is 6.68. The van der Waals surface area contributed by atoms with Crippen LogP contribution in [0.1, 0.15) is 39.0 Å². The van der Waals surface area contributed by atoms with Crippen molar-refractivity contribution in [3.8, 4) is 5.75 Å². The van der Waals surface area contributed by atoms with E-state index in [1.54, 1.807) is 12.1 Å². The van der Waals surface area contributed by atoms with Crippen molar-refractivity contribution in [1.82, 2.24) is 20.3 Å². The summed E-state index contributed by atoms with van der Waals surface area (Å²) in [4.78, 5) is 15.7. The van der Waals surface area contributed by atoms with Gasteiger partial charge in [0.1, 0.15) is 0 Å². The summed E-state index contributed by atoms with van der Waals surface area (Å²) < 4.78 is 19.1. The van der Waals surface area contributed by atoms with Gasteiger partial charge >= 0.3 is 0 Å². The molecule has 4 N–H and O–H groups in total. The zero-order valence-electron chi connectivity index (χ0n) is 18.0. The van der Waals surface area contributed by atoms with Crippen molar-refractivity contribution in [1.29, 1.82) is 0 Å². The molecule has 3 unspecified atom stereocenters. The summed E-state index contributed by atoms with van der Waals surface area (Å²) in [5.74, 6) is 0.665. The molecule has 4 rings (SSSR count). The number of rotatable bonds is 8. The molecule has 2 heterocycles. The number of hydrogen-bond acceptors (Lipinski definition) is 8. The first-order valence-corrected chi connectivity index (χ1v) is 10.9. The van der Waals surface area contributed by atoms with Gasteiger partial charge in [-0.1, -0.05) is 19.1 Å². The second-order valence-corrected chi connectivity index (χ2v) is 7.95. The van der Waals surface area contributed by atoms with Gasteiger partial charge < -0.3 is 26.0 Å². The van der Waals surface area contributed by atoms with E-state index in [4.69, 9.17) is 10.5 Å². The standard InChI is InChI=1S/C22H30FN7O/c1-3-18(17-9-6-12-25-17)30(15-7-4-5-8-15)22-28-20(24)27-21(29-22)26-14-10-11-19(31-2)16(23)13-14/h4,7,10-11,13,15,17-18,25H,3,5-6,8-9,12H2,1-2H3,(H3,24,26,27,28,29). The first-order valence-electron chi connectivity index (χ1n) is 10.9. The maximum Gasteiger partial charge on any atom is 0.233 e. The summed E-state index contributed by atoms with van der Waals surface area (Å²) in [6.45, 7) is 3.23. The smallest absolute Gasteiger partial charge is 0.233 e. The van der Waals surface area contributed by atoms with E-state index in [2.05, 4.69) is 49.6 Å². The number of nitrogens with one attached hydrogen (secondary N) is 2. The highest BCUT2D eigenvalue weighted by molar-refractivity contribution is 5.57. The molecule has 1 aromatic heterocycles. The molecule has 0 spiro atoms. The Morgan fingerprint density at radius 1 is 1.32 bits per heavy atom. The van der Waals surface area contributed by atoms with Crippen LogP contribution in [-0.4, -0.2) is 46.7 Å². The number of aromatic nitrogens is 3. The van der Waals surface area contributed by atoms with E-state index < -0.39 is 5.82 Å². The summed E-state index contributed by atoms with van der Waals surface area (Å²) in [6, 6.07) is 5.43. The number of nitrogen functional groups attached to an aromatic ring is 1. The Kier molecular flexibility index (Phi) is 6.50. The fourth-order valence-electron chi connectivity index (χ4n) is 4.53. The van der Waals surface area contributed by atoms with Crippen molar-refractivity contribution in [2.45, 2.75) is 57.2 Å². The monoisotopic (exact) mass is 427 g/mol. The van der Waals surface area contributed by atoms with Crippen LogP contribution in [0.15, 0.2) is 30.4 Å². The van der Waals surface area contributed by atoms with E-state index >= 15 is 0 Å². The number of allylic oxidation sites excluding steroid dienone is 1. The van der Waals surface area contributed by atoms with Gasteiger partial charge in [-0.25, -0.2) is 4.39 Å². The van der Waals surface area contributed by atoms with Gasteiger partial charge in [-0.2, -0.15) is 15.0 Å². The Hall–Kier alpha value is -2.94. The minimum Gasteiger partial charge on any atom is -0.494 e. The van der Waals surface area contributed by atoms with Crippen molar-refractivity contribution >= 4 is 23.5 Å². The first-order chi connectivity index (χ1) is 15.1. The molecule has 0 amide bonds. The van der Waals surface area contributed by atoms with Crippen LogP contribution >= 0.6 is 0 Å². The normalized spacial score (nSPS) is 21.3. The molecule has 166 valence electrons. The SMILES string of the molecule is CCC(C1CCCN1)N(c1nc(N)nc(Nc2ccc(OC)c(F)c2)n1)C1C=CCC1. The van der Waals surface area contributed by atoms with Gasteiger partial charge in [0.05, 0.1) is 13.2 Å². The van der Waals surface area contributed by atoms with Crippen LogP contribution in [0.2, 0.25) is 0 Å². The van der Waals surface area contributed by atoms with Crippen LogP contribution in [0.3, 0.4) is 0 Å². The molecule has 3 atom stereocenters. The highest BCUT2D eigenvalue weighted by Crippen LogP contribution is 2.30. The number of halogens is 1. The van der Waals surface area contributed by atoms with Crippen LogP contribution in [0.5, 0.6) is 5.75 Å². The molecule has 2 aliphatic rings. The van der Waals surface area contributed by atoms with Crippen molar-refractivity contribution in [2.24, 2.45) is 0 Å². The van der Waals surface area contributed by atoms with Gasteiger partial charge in [-0.3, -0.25) is 0 Å². The van der Waals surface area contributed by atoms with E-state index in [9.17, 15) is 4.39 Å². The number of methoxy groups -OCH3 is 1. The third-order valence-electron chi connectivity index (χ3n) is 5.96. The summed E-state index contributed by atoms with van der Waals surface area (Å²) in [5.41, 5.74) is 6.57. The van der Waals surface area contributed by atoms with E-state index in [0.717, 1.165) is 32.2 Å². The topological polar surface area (TPSA) is 101 Å². The van der Waals surface area contributed by atoms with Crippen molar-refractivity contribution < 1.29 is 9.13 Å². The number of nitrogens with two attached hydrogens (primary N) is 1. The van der Waals surface area contributed by atoms with Crippen molar-refractivity contribution in [2.75, 3.05) is 29.6 Å². The van der Waals surface area contributed by atoms with Crippen LogP contribution in [-0.2, 0) is 0 Å². The third kappa shape index (κ3) is 4.71. The maximum atomic E-state index is 14.1. The number of benzene rings is 1. The van der Waals surface area contributed by atoms with Crippen molar-refractivity contribution in [3.05, 3.63) is 36.2 Å². The summed E-state index contributed by atoms with van der Waals surface area (Å²) in [7, 11) is 1.43. The molecule has 1 aromatic carbocycles. The zero-order chi connectivity index (χ0) is 21.8. The summed E-state index contributed by atoms with van der Waals surface area (Å²) >= 11 is 0. The Morgan fingerprint density at radius 3 is 2.84 bits per heavy atom. The highest BCUT2D eigenvalue weighted by atomic mass is 19.1. The van der Waals surface area contributed by atoms with E-state index in [1.807, 2.05) is 0 Å².